The van der Waals surface area contributed by atoms with Crippen LogP contribution in [0.5, 0.6) is 0 Å². The molecule has 3 radical (unpaired) electrons. The van der Waals surface area contributed by atoms with Gasteiger partial charge in [0, 0.05) is 0 Å². The lowest BCUT2D eigenvalue weighted by atomic mass is 10.2. The molecule has 1 N–H and O–H groups in total. The Morgan fingerprint density at radius 2 is 2.44 bits per heavy atom. The number of hydrogen-bond acceptors (Lipinski definition) is 2. The molecule has 0 aliphatic carbocycles. The Balaban J connectivity index is 2.49. The Hall–Kier alpha value is -0.353. The highest BCUT2D eigenvalue weighted by Gasteiger charge is 2.26. The third-order valence-electron chi connectivity index (χ3n) is 1.54. The van der Waals surface area contributed by atoms with Crippen LogP contribution in [0.3, 0.4) is 0 Å². The van der Waals surface area contributed by atoms with Gasteiger partial charge in [0.05, 0.1) is 0 Å². The van der Waals surface area contributed by atoms with Crippen molar-refractivity contribution in [2.75, 3.05) is 6.54 Å². The lowest BCUT2D eigenvalue weighted by Gasteiger charge is -2.12. The minimum atomic E-state index is -0.734. The van der Waals surface area contributed by atoms with Crippen LogP contribution in [0.2, 0.25) is 0 Å². The number of rotatable bonds is 1. The predicted molar refractivity (Wildman–Crippen MR) is 33.1 cm³/mol. The molecule has 1 saturated heterocycles. The van der Waals surface area contributed by atoms with Gasteiger partial charge in [0.2, 0.25) is 0 Å². The second-order valence-electron chi connectivity index (χ2n) is 2.19. The Kier molecular flexibility index (Phi) is 1.87. The highest BCUT2D eigenvalue weighted by Crippen LogP contribution is 2.13. The maximum atomic E-state index is 10.3. The molecule has 9 heavy (non-hydrogen) atoms. The Labute approximate surface area is 57.2 Å². The first-order valence-electron chi connectivity index (χ1n) is 2.92. The van der Waals surface area contributed by atoms with Crippen LogP contribution in [0, 0.1) is 0 Å². The fourth-order valence-corrected chi connectivity index (χ4v) is 1.42. The van der Waals surface area contributed by atoms with E-state index >= 15 is 0 Å². The van der Waals surface area contributed by atoms with Crippen LogP contribution in [0.4, 0.5) is 0 Å². The number of hydrogen-bond donors (Lipinski definition) is 1. The second-order valence-corrected chi connectivity index (χ2v) is 2.76. The van der Waals surface area contributed by atoms with Crippen molar-refractivity contribution in [3.8, 4) is 0 Å². The van der Waals surface area contributed by atoms with Crippen LogP contribution < -0.4 is 0 Å². The Morgan fingerprint density at radius 1 is 1.78 bits per heavy atom. The number of carbonyl (C=O) groups is 1. The predicted octanol–water partition coefficient (Wildman–Crippen LogP) is -0.381. The van der Waals surface area contributed by atoms with Gasteiger partial charge in [-0.25, -0.2) is 0 Å². The van der Waals surface area contributed by atoms with Gasteiger partial charge in [-0.1, -0.05) is 0 Å². The minimum absolute atomic E-state index is 0.304. The van der Waals surface area contributed by atoms with Crippen molar-refractivity contribution in [3.05, 3.63) is 0 Å². The summed E-state index contributed by atoms with van der Waals surface area (Å²) in [5.74, 6) is -0.734. The average molecular weight is 142 g/mol. The SMILES string of the molecule is O=C(O)[C@@H]1CCCN1[Si]. The molecule has 1 rings (SSSR count). The van der Waals surface area contributed by atoms with Gasteiger partial charge >= 0.3 is 5.97 Å². The quantitative estimate of drug-likeness (QED) is 0.507. The van der Waals surface area contributed by atoms with Crippen LogP contribution in [0.1, 0.15) is 12.8 Å². The maximum Gasteiger partial charge on any atom is 0.320 e. The fraction of sp³-hybridized carbons (Fsp3) is 0.800. The van der Waals surface area contributed by atoms with E-state index in [1.165, 1.54) is 0 Å². The van der Waals surface area contributed by atoms with Crippen molar-refractivity contribution in [3.63, 3.8) is 0 Å². The molecule has 0 aromatic rings. The summed E-state index contributed by atoms with van der Waals surface area (Å²) in [6.07, 6.45) is 1.74. The van der Waals surface area contributed by atoms with Crippen LogP contribution in [0.15, 0.2) is 0 Å². The van der Waals surface area contributed by atoms with E-state index in [-0.39, 0.29) is 6.04 Å². The zero-order chi connectivity index (χ0) is 6.85. The standard InChI is InChI=1S/C5H8NO2Si/c7-5(8)4-2-1-3-6(4)9/h4H,1-3H2,(H,7,8)/t4-/m0/s1. The highest BCUT2D eigenvalue weighted by atomic mass is 28.2. The van der Waals surface area contributed by atoms with Gasteiger partial charge in [-0.15, -0.1) is 0 Å². The monoisotopic (exact) mass is 142 g/mol. The zero-order valence-electron chi connectivity index (χ0n) is 5.00. The first-order chi connectivity index (χ1) is 4.22. The molecular formula is C5H8NO2Si. The van der Waals surface area contributed by atoms with E-state index in [0.29, 0.717) is 0 Å². The lowest BCUT2D eigenvalue weighted by Crippen LogP contribution is -2.33. The minimum Gasteiger partial charge on any atom is -0.480 e. The number of aliphatic carboxylic acids is 1. The molecule has 0 aromatic heterocycles. The van der Waals surface area contributed by atoms with Crippen molar-refractivity contribution in [2.24, 2.45) is 0 Å². The molecule has 1 fully saturated rings. The molecule has 1 aliphatic heterocycles. The van der Waals surface area contributed by atoms with Crippen molar-refractivity contribution in [1.29, 1.82) is 0 Å². The van der Waals surface area contributed by atoms with Crippen molar-refractivity contribution >= 4 is 16.4 Å². The average Bonchev–Trinajstić information content (AvgIpc) is 2.13. The molecule has 3 nitrogen and oxygen atoms in total. The van der Waals surface area contributed by atoms with Gasteiger partial charge in [-0.05, 0) is 19.4 Å². The van der Waals surface area contributed by atoms with Gasteiger partial charge in [0.1, 0.15) is 16.4 Å². The van der Waals surface area contributed by atoms with E-state index in [4.69, 9.17) is 5.11 Å². The van der Waals surface area contributed by atoms with Crippen LogP contribution in [-0.2, 0) is 4.79 Å². The smallest absolute Gasteiger partial charge is 0.320 e. The molecule has 49 valence electrons. The third kappa shape index (κ3) is 1.31. The summed E-state index contributed by atoms with van der Waals surface area (Å²) in [5, 5.41) is 8.51. The summed E-state index contributed by atoms with van der Waals surface area (Å²) in [7, 11) is 3.21. The van der Waals surface area contributed by atoms with Crippen LogP contribution in [0.25, 0.3) is 0 Å². The summed E-state index contributed by atoms with van der Waals surface area (Å²) in [4.78, 5) is 10.3. The molecule has 1 aliphatic rings. The van der Waals surface area contributed by atoms with E-state index < -0.39 is 5.97 Å². The van der Waals surface area contributed by atoms with Crippen LogP contribution in [-0.4, -0.2) is 38.6 Å². The molecule has 0 amide bonds. The molecule has 0 saturated carbocycles. The molecule has 0 aromatic carbocycles. The molecule has 1 atom stereocenters. The molecule has 0 bridgehead atoms. The molecule has 0 unspecified atom stereocenters. The summed E-state index contributed by atoms with van der Waals surface area (Å²) in [6, 6.07) is -0.304. The van der Waals surface area contributed by atoms with E-state index in [2.05, 4.69) is 10.4 Å². The Bertz CT molecular complexity index is 128. The van der Waals surface area contributed by atoms with E-state index in [1.54, 1.807) is 4.57 Å². The van der Waals surface area contributed by atoms with Gasteiger partial charge in [-0.2, -0.15) is 0 Å². The van der Waals surface area contributed by atoms with Gasteiger partial charge in [-0.3, -0.25) is 4.79 Å². The summed E-state index contributed by atoms with van der Waals surface area (Å²) in [5.41, 5.74) is 0. The summed E-state index contributed by atoms with van der Waals surface area (Å²) in [6.45, 7) is 0.841. The summed E-state index contributed by atoms with van der Waals surface area (Å²) >= 11 is 0. The maximum absolute atomic E-state index is 10.3. The number of carboxylic acids is 1. The lowest BCUT2D eigenvalue weighted by molar-refractivity contribution is -0.140. The number of carboxylic acid groups (broad SMARTS) is 1. The fourth-order valence-electron chi connectivity index (χ4n) is 1.02. The van der Waals surface area contributed by atoms with Gasteiger partial charge in [0.25, 0.3) is 0 Å². The van der Waals surface area contributed by atoms with Crippen molar-refractivity contribution < 1.29 is 9.90 Å². The molecule has 4 heteroatoms. The van der Waals surface area contributed by atoms with Crippen LogP contribution >= 0.6 is 0 Å². The van der Waals surface area contributed by atoms with E-state index in [9.17, 15) is 4.79 Å². The topological polar surface area (TPSA) is 40.5 Å². The summed E-state index contributed by atoms with van der Waals surface area (Å²) < 4.78 is 1.68. The number of nitrogens with zero attached hydrogens (tertiary/aromatic N) is 1. The largest absolute Gasteiger partial charge is 0.480 e. The van der Waals surface area contributed by atoms with E-state index in [1.807, 2.05) is 0 Å². The van der Waals surface area contributed by atoms with Gasteiger partial charge in [0.15, 0.2) is 0 Å². The van der Waals surface area contributed by atoms with Crippen molar-refractivity contribution in [2.45, 2.75) is 18.9 Å². The first-order valence-corrected chi connectivity index (χ1v) is 3.37. The Morgan fingerprint density at radius 3 is 2.67 bits per heavy atom. The third-order valence-corrected chi connectivity index (χ3v) is 2.07. The van der Waals surface area contributed by atoms with Gasteiger partial charge < -0.3 is 9.67 Å². The van der Waals surface area contributed by atoms with Crippen molar-refractivity contribution in [1.82, 2.24) is 4.57 Å². The molecule has 0 spiro atoms. The molecule has 1 heterocycles. The van der Waals surface area contributed by atoms with E-state index in [0.717, 1.165) is 19.4 Å². The highest BCUT2D eigenvalue weighted by molar-refractivity contribution is 6.06. The first kappa shape index (κ1) is 6.76. The second kappa shape index (κ2) is 2.49. The zero-order valence-corrected chi connectivity index (χ0v) is 6.00. The normalized spacial score (nSPS) is 28.8. The molecular weight excluding hydrogens is 134 g/mol.